The fourth-order valence-electron chi connectivity index (χ4n) is 1.89. The molecule has 2 amide bonds. The zero-order valence-corrected chi connectivity index (χ0v) is 11.5. The molecule has 1 saturated heterocycles. The number of hydrogen-bond donors (Lipinski definition) is 2. The first-order valence-electron chi connectivity index (χ1n) is 6.24. The minimum atomic E-state index is -1.06. The summed E-state index contributed by atoms with van der Waals surface area (Å²) in [4.78, 5) is 24.5. The summed E-state index contributed by atoms with van der Waals surface area (Å²) < 4.78 is 5.28. The molecule has 1 fully saturated rings. The SMILES string of the molecule is O=C(O)c1ccc(NC(=O)N2CCCOCC2)c(Cl)c1. The molecular formula is C13H15ClN2O4. The highest BCUT2D eigenvalue weighted by molar-refractivity contribution is 6.34. The Balaban J connectivity index is 2.05. The van der Waals surface area contributed by atoms with Gasteiger partial charge in [-0.2, -0.15) is 0 Å². The highest BCUT2D eigenvalue weighted by atomic mass is 35.5. The highest BCUT2D eigenvalue weighted by Crippen LogP contribution is 2.23. The van der Waals surface area contributed by atoms with E-state index in [1.54, 1.807) is 4.90 Å². The minimum Gasteiger partial charge on any atom is -0.478 e. The van der Waals surface area contributed by atoms with E-state index in [4.69, 9.17) is 21.4 Å². The lowest BCUT2D eigenvalue weighted by atomic mass is 10.2. The van der Waals surface area contributed by atoms with Crippen LogP contribution >= 0.6 is 11.6 Å². The summed E-state index contributed by atoms with van der Waals surface area (Å²) in [6, 6.07) is 3.93. The van der Waals surface area contributed by atoms with Gasteiger partial charge in [-0.05, 0) is 24.6 Å². The third-order valence-corrected chi connectivity index (χ3v) is 3.28. The smallest absolute Gasteiger partial charge is 0.335 e. The molecule has 1 aromatic carbocycles. The van der Waals surface area contributed by atoms with Gasteiger partial charge >= 0.3 is 12.0 Å². The topological polar surface area (TPSA) is 78.9 Å². The van der Waals surface area contributed by atoms with E-state index in [9.17, 15) is 9.59 Å². The van der Waals surface area contributed by atoms with Crippen molar-refractivity contribution in [2.75, 3.05) is 31.6 Å². The molecule has 1 aliphatic heterocycles. The zero-order valence-electron chi connectivity index (χ0n) is 10.8. The first kappa shape index (κ1) is 14.6. The molecule has 1 aromatic rings. The second-order valence-electron chi connectivity index (χ2n) is 4.38. The number of amides is 2. The number of anilines is 1. The Labute approximate surface area is 121 Å². The number of ether oxygens (including phenoxy) is 1. The van der Waals surface area contributed by atoms with Crippen molar-refractivity contribution < 1.29 is 19.4 Å². The Hall–Kier alpha value is -1.79. The number of aromatic carboxylic acids is 1. The minimum absolute atomic E-state index is 0.0798. The van der Waals surface area contributed by atoms with Gasteiger partial charge < -0.3 is 20.1 Å². The van der Waals surface area contributed by atoms with Gasteiger partial charge in [-0.1, -0.05) is 11.6 Å². The van der Waals surface area contributed by atoms with E-state index in [2.05, 4.69) is 5.32 Å². The molecule has 0 aliphatic carbocycles. The van der Waals surface area contributed by atoms with Crippen molar-refractivity contribution in [1.29, 1.82) is 0 Å². The number of nitrogens with zero attached hydrogens (tertiary/aromatic N) is 1. The van der Waals surface area contributed by atoms with Gasteiger partial charge in [-0.25, -0.2) is 9.59 Å². The number of halogens is 1. The maximum atomic E-state index is 12.1. The van der Waals surface area contributed by atoms with Crippen molar-refractivity contribution in [3.63, 3.8) is 0 Å². The van der Waals surface area contributed by atoms with Crippen molar-refractivity contribution in [2.24, 2.45) is 0 Å². The molecule has 0 radical (unpaired) electrons. The molecule has 0 spiro atoms. The monoisotopic (exact) mass is 298 g/mol. The van der Waals surface area contributed by atoms with Crippen LogP contribution in [0.15, 0.2) is 18.2 Å². The molecule has 108 valence electrons. The molecule has 6 nitrogen and oxygen atoms in total. The van der Waals surface area contributed by atoms with Crippen molar-refractivity contribution in [3.05, 3.63) is 28.8 Å². The summed E-state index contributed by atoms with van der Waals surface area (Å²) in [5.74, 6) is -1.06. The normalized spacial score (nSPS) is 15.6. The second-order valence-corrected chi connectivity index (χ2v) is 4.79. The number of hydrogen-bond acceptors (Lipinski definition) is 3. The highest BCUT2D eigenvalue weighted by Gasteiger charge is 2.17. The second kappa shape index (κ2) is 6.58. The molecule has 0 aromatic heterocycles. The van der Waals surface area contributed by atoms with Gasteiger partial charge in [0.2, 0.25) is 0 Å². The molecule has 2 rings (SSSR count). The fourth-order valence-corrected chi connectivity index (χ4v) is 2.12. The molecule has 0 saturated carbocycles. The average Bonchev–Trinajstić information content (AvgIpc) is 2.69. The van der Waals surface area contributed by atoms with Gasteiger partial charge in [0.1, 0.15) is 0 Å². The first-order chi connectivity index (χ1) is 9.58. The van der Waals surface area contributed by atoms with Gasteiger partial charge in [0.05, 0.1) is 22.9 Å². The molecular weight excluding hydrogens is 284 g/mol. The van der Waals surface area contributed by atoms with E-state index < -0.39 is 5.97 Å². The third kappa shape index (κ3) is 3.61. The van der Waals surface area contributed by atoms with Crippen LogP contribution in [0.2, 0.25) is 5.02 Å². The van der Waals surface area contributed by atoms with Crippen LogP contribution in [-0.4, -0.2) is 48.3 Å². The van der Waals surface area contributed by atoms with Crippen LogP contribution in [0.25, 0.3) is 0 Å². The van der Waals surface area contributed by atoms with E-state index in [0.29, 0.717) is 32.0 Å². The predicted molar refractivity (Wildman–Crippen MR) is 74.4 cm³/mol. The Bertz CT molecular complexity index is 513. The predicted octanol–water partition coefficient (Wildman–Crippen LogP) is 2.29. The Morgan fingerprint density at radius 3 is 2.80 bits per heavy atom. The van der Waals surface area contributed by atoms with Crippen LogP contribution in [0.3, 0.4) is 0 Å². The molecule has 1 aliphatic rings. The third-order valence-electron chi connectivity index (χ3n) is 2.97. The van der Waals surface area contributed by atoms with Crippen LogP contribution in [0, 0.1) is 0 Å². The first-order valence-corrected chi connectivity index (χ1v) is 6.62. The van der Waals surface area contributed by atoms with E-state index in [1.165, 1.54) is 18.2 Å². The van der Waals surface area contributed by atoms with Gasteiger partial charge in [0.15, 0.2) is 0 Å². The Morgan fingerprint density at radius 2 is 2.10 bits per heavy atom. The van der Waals surface area contributed by atoms with Crippen LogP contribution in [0.1, 0.15) is 16.8 Å². The van der Waals surface area contributed by atoms with Gasteiger partial charge in [-0.3, -0.25) is 0 Å². The largest absolute Gasteiger partial charge is 0.478 e. The summed E-state index contributed by atoms with van der Waals surface area (Å²) in [5, 5.41) is 11.7. The van der Waals surface area contributed by atoms with Crippen molar-refractivity contribution in [3.8, 4) is 0 Å². The summed E-state index contributed by atoms with van der Waals surface area (Å²) in [7, 11) is 0. The number of nitrogens with one attached hydrogen (secondary N) is 1. The van der Waals surface area contributed by atoms with Crippen LogP contribution < -0.4 is 5.32 Å². The van der Waals surface area contributed by atoms with Crippen molar-refractivity contribution >= 4 is 29.3 Å². The standard InChI is InChI=1S/C13H15ClN2O4/c14-10-8-9(12(17)18)2-3-11(10)15-13(19)16-4-1-6-20-7-5-16/h2-3,8H,1,4-7H2,(H,15,19)(H,17,18). The number of carbonyl (C=O) groups excluding carboxylic acids is 1. The Kier molecular flexibility index (Phi) is 4.81. The fraction of sp³-hybridized carbons (Fsp3) is 0.385. The van der Waals surface area contributed by atoms with E-state index >= 15 is 0 Å². The zero-order chi connectivity index (χ0) is 14.5. The molecule has 0 bridgehead atoms. The lowest BCUT2D eigenvalue weighted by molar-refractivity contribution is 0.0697. The average molecular weight is 299 g/mol. The lowest BCUT2D eigenvalue weighted by Crippen LogP contribution is -2.36. The summed E-state index contributed by atoms with van der Waals surface area (Å²) in [5.41, 5.74) is 0.475. The molecule has 20 heavy (non-hydrogen) atoms. The van der Waals surface area contributed by atoms with Crippen LogP contribution in [0.5, 0.6) is 0 Å². The van der Waals surface area contributed by atoms with Crippen molar-refractivity contribution in [1.82, 2.24) is 4.90 Å². The number of urea groups is 1. The molecule has 7 heteroatoms. The number of carboxylic acid groups (broad SMARTS) is 1. The summed E-state index contributed by atoms with van der Waals surface area (Å²) in [6.45, 7) is 2.31. The molecule has 0 atom stereocenters. The summed E-state index contributed by atoms with van der Waals surface area (Å²) >= 11 is 5.97. The molecule has 0 unspecified atom stereocenters. The maximum Gasteiger partial charge on any atom is 0.335 e. The van der Waals surface area contributed by atoms with Gasteiger partial charge in [-0.15, -0.1) is 0 Å². The van der Waals surface area contributed by atoms with E-state index in [-0.39, 0.29) is 16.6 Å². The van der Waals surface area contributed by atoms with Crippen LogP contribution in [0.4, 0.5) is 10.5 Å². The summed E-state index contributed by atoms with van der Waals surface area (Å²) in [6.07, 6.45) is 0.791. The number of benzene rings is 1. The van der Waals surface area contributed by atoms with E-state index in [0.717, 1.165) is 6.42 Å². The number of carboxylic acids is 1. The van der Waals surface area contributed by atoms with E-state index in [1.807, 2.05) is 0 Å². The number of rotatable bonds is 2. The maximum absolute atomic E-state index is 12.1. The van der Waals surface area contributed by atoms with Gasteiger partial charge in [0, 0.05) is 19.7 Å². The van der Waals surface area contributed by atoms with Crippen molar-refractivity contribution in [2.45, 2.75) is 6.42 Å². The van der Waals surface area contributed by atoms with Crippen LogP contribution in [-0.2, 0) is 4.74 Å². The quantitative estimate of drug-likeness (QED) is 0.878. The van der Waals surface area contributed by atoms with Gasteiger partial charge in [0.25, 0.3) is 0 Å². The molecule has 1 heterocycles. The molecule has 2 N–H and O–H groups in total. The lowest BCUT2D eigenvalue weighted by Gasteiger charge is -2.20. The number of carbonyl (C=O) groups is 2. The Morgan fingerprint density at radius 1 is 1.30 bits per heavy atom.